The molecule has 0 spiro atoms. The molecule has 0 aromatic heterocycles. The number of hydrogen-bond acceptors (Lipinski definition) is 2. The van der Waals surface area contributed by atoms with Crippen LogP contribution in [0.25, 0.3) is 0 Å². The van der Waals surface area contributed by atoms with Gasteiger partial charge in [0.25, 0.3) is 0 Å². The summed E-state index contributed by atoms with van der Waals surface area (Å²) in [7, 11) is 0. The summed E-state index contributed by atoms with van der Waals surface area (Å²) in [6.07, 6.45) is 9.70. The van der Waals surface area contributed by atoms with Gasteiger partial charge in [0.15, 0.2) is 0 Å². The third kappa shape index (κ3) is 3.81. The average molecular weight is 251 g/mol. The Kier molecular flexibility index (Phi) is 5.23. The van der Waals surface area contributed by atoms with Crippen molar-refractivity contribution >= 4 is 5.78 Å². The van der Waals surface area contributed by atoms with Crippen LogP contribution in [0, 0.1) is 11.8 Å². The molecule has 0 bridgehead atoms. The van der Waals surface area contributed by atoms with Crippen LogP contribution >= 0.6 is 0 Å². The molecule has 0 aromatic carbocycles. The Morgan fingerprint density at radius 3 is 2.56 bits per heavy atom. The lowest BCUT2D eigenvalue weighted by Gasteiger charge is -2.37. The van der Waals surface area contributed by atoms with Gasteiger partial charge in [-0.2, -0.15) is 0 Å². The average Bonchev–Trinajstić information content (AvgIpc) is 3.21. The molecule has 2 heteroatoms. The molecule has 2 aliphatic carbocycles. The second-order valence-corrected chi connectivity index (χ2v) is 6.28. The maximum atomic E-state index is 11.9. The van der Waals surface area contributed by atoms with Gasteiger partial charge in [-0.15, -0.1) is 0 Å². The van der Waals surface area contributed by atoms with Gasteiger partial charge in [0.1, 0.15) is 5.78 Å². The highest BCUT2D eigenvalue weighted by Crippen LogP contribution is 2.34. The minimum atomic E-state index is 0.368. The standard InChI is InChI=1S/C16H29NO/c1-3-10-17(12-13-8-9-13)15-7-5-6-14(11-15)16(18)4-2/h13-15H,3-12H2,1-2H3. The van der Waals surface area contributed by atoms with E-state index in [2.05, 4.69) is 11.8 Å². The van der Waals surface area contributed by atoms with Gasteiger partial charge >= 0.3 is 0 Å². The summed E-state index contributed by atoms with van der Waals surface area (Å²) in [6.45, 7) is 6.82. The zero-order valence-electron chi connectivity index (χ0n) is 12.2. The summed E-state index contributed by atoms with van der Waals surface area (Å²) in [4.78, 5) is 14.6. The largest absolute Gasteiger partial charge is 0.300 e. The minimum absolute atomic E-state index is 0.368. The predicted octanol–water partition coefficient (Wildman–Crippen LogP) is 3.65. The maximum absolute atomic E-state index is 11.9. The monoisotopic (exact) mass is 251 g/mol. The number of rotatable bonds is 7. The van der Waals surface area contributed by atoms with Crippen LogP contribution in [0.3, 0.4) is 0 Å². The molecule has 2 atom stereocenters. The number of Topliss-reactive ketones (excluding diaryl/α,β-unsaturated/α-hetero) is 1. The Hall–Kier alpha value is -0.370. The molecular weight excluding hydrogens is 222 g/mol. The predicted molar refractivity (Wildman–Crippen MR) is 75.6 cm³/mol. The molecule has 2 aliphatic rings. The second kappa shape index (κ2) is 6.70. The van der Waals surface area contributed by atoms with Crippen molar-refractivity contribution in [1.82, 2.24) is 4.90 Å². The van der Waals surface area contributed by atoms with E-state index in [0.29, 0.717) is 17.7 Å². The fourth-order valence-electron chi connectivity index (χ4n) is 3.42. The minimum Gasteiger partial charge on any atom is -0.300 e. The fourth-order valence-corrected chi connectivity index (χ4v) is 3.42. The molecular formula is C16H29NO. The first-order chi connectivity index (χ1) is 8.74. The number of hydrogen-bond donors (Lipinski definition) is 0. The molecule has 2 unspecified atom stereocenters. The number of carbonyl (C=O) groups is 1. The highest BCUT2D eigenvalue weighted by molar-refractivity contribution is 5.80. The van der Waals surface area contributed by atoms with Crippen molar-refractivity contribution in [3.05, 3.63) is 0 Å². The quantitative estimate of drug-likeness (QED) is 0.688. The third-order valence-electron chi connectivity index (χ3n) is 4.67. The van der Waals surface area contributed by atoms with Crippen LogP contribution in [0.15, 0.2) is 0 Å². The highest BCUT2D eigenvalue weighted by atomic mass is 16.1. The van der Waals surface area contributed by atoms with Crippen molar-refractivity contribution in [3.63, 3.8) is 0 Å². The van der Waals surface area contributed by atoms with E-state index in [4.69, 9.17) is 0 Å². The molecule has 2 saturated carbocycles. The number of nitrogens with zero attached hydrogens (tertiary/aromatic N) is 1. The molecule has 0 heterocycles. The summed E-state index contributed by atoms with van der Waals surface area (Å²) < 4.78 is 0. The van der Waals surface area contributed by atoms with Crippen molar-refractivity contribution in [3.8, 4) is 0 Å². The van der Waals surface area contributed by atoms with E-state index in [-0.39, 0.29) is 0 Å². The van der Waals surface area contributed by atoms with Crippen molar-refractivity contribution < 1.29 is 4.79 Å². The summed E-state index contributed by atoms with van der Waals surface area (Å²) in [5.74, 6) is 1.84. The highest BCUT2D eigenvalue weighted by Gasteiger charge is 2.32. The van der Waals surface area contributed by atoms with E-state index in [1.807, 2.05) is 6.92 Å². The SMILES string of the molecule is CCCN(CC1CC1)C1CCCC(C(=O)CC)C1. The normalized spacial score (nSPS) is 28.6. The van der Waals surface area contributed by atoms with Crippen LogP contribution in [0.5, 0.6) is 0 Å². The first-order valence-electron chi connectivity index (χ1n) is 8.01. The summed E-state index contributed by atoms with van der Waals surface area (Å²) in [6, 6.07) is 0.694. The van der Waals surface area contributed by atoms with E-state index in [9.17, 15) is 4.79 Å². The number of carbonyl (C=O) groups excluding carboxylic acids is 1. The molecule has 0 aliphatic heterocycles. The molecule has 0 amide bonds. The van der Waals surface area contributed by atoms with Crippen LogP contribution in [-0.4, -0.2) is 29.8 Å². The fraction of sp³-hybridized carbons (Fsp3) is 0.938. The summed E-state index contributed by atoms with van der Waals surface area (Å²) in [5, 5.41) is 0. The molecule has 2 rings (SSSR count). The lowest BCUT2D eigenvalue weighted by molar-refractivity contribution is -0.124. The van der Waals surface area contributed by atoms with Crippen LogP contribution in [0.2, 0.25) is 0 Å². The molecule has 104 valence electrons. The zero-order valence-corrected chi connectivity index (χ0v) is 12.2. The van der Waals surface area contributed by atoms with Gasteiger partial charge in [-0.25, -0.2) is 0 Å². The smallest absolute Gasteiger partial charge is 0.135 e. The lowest BCUT2D eigenvalue weighted by Crippen LogP contribution is -2.41. The van der Waals surface area contributed by atoms with Gasteiger partial charge in [-0.3, -0.25) is 4.79 Å². The lowest BCUT2D eigenvalue weighted by atomic mass is 9.81. The molecule has 2 nitrogen and oxygen atoms in total. The second-order valence-electron chi connectivity index (χ2n) is 6.28. The molecule has 0 N–H and O–H groups in total. The topological polar surface area (TPSA) is 20.3 Å². The van der Waals surface area contributed by atoms with E-state index in [0.717, 1.165) is 25.2 Å². The Labute approximate surface area is 112 Å². The van der Waals surface area contributed by atoms with E-state index in [1.54, 1.807) is 0 Å². The van der Waals surface area contributed by atoms with E-state index in [1.165, 1.54) is 45.2 Å². The first-order valence-corrected chi connectivity index (χ1v) is 8.01. The van der Waals surface area contributed by atoms with Gasteiger partial charge in [0, 0.05) is 24.9 Å². The van der Waals surface area contributed by atoms with Gasteiger partial charge in [-0.1, -0.05) is 20.3 Å². The Bertz CT molecular complexity index is 272. The molecule has 0 saturated heterocycles. The first kappa shape index (κ1) is 14.0. The Morgan fingerprint density at radius 1 is 1.17 bits per heavy atom. The van der Waals surface area contributed by atoms with Gasteiger partial charge in [0.05, 0.1) is 0 Å². The van der Waals surface area contributed by atoms with Crippen molar-refractivity contribution in [2.75, 3.05) is 13.1 Å². The van der Waals surface area contributed by atoms with Gasteiger partial charge in [0.2, 0.25) is 0 Å². The van der Waals surface area contributed by atoms with Crippen molar-refractivity contribution in [2.24, 2.45) is 11.8 Å². The van der Waals surface area contributed by atoms with Crippen LogP contribution < -0.4 is 0 Å². The molecule has 0 radical (unpaired) electrons. The molecule has 18 heavy (non-hydrogen) atoms. The maximum Gasteiger partial charge on any atom is 0.135 e. The summed E-state index contributed by atoms with van der Waals surface area (Å²) in [5.41, 5.74) is 0. The van der Waals surface area contributed by atoms with Gasteiger partial charge in [-0.05, 0) is 51.0 Å². The third-order valence-corrected chi connectivity index (χ3v) is 4.67. The van der Waals surface area contributed by atoms with Gasteiger partial charge < -0.3 is 4.90 Å². The van der Waals surface area contributed by atoms with Crippen molar-refractivity contribution in [1.29, 1.82) is 0 Å². The summed E-state index contributed by atoms with van der Waals surface area (Å²) >= 11 is 0. The molecule has 0 aromatic rings. The van der Waals surface area contributed by atoms with E-state index < -0.39 is 0 Å². The van der Waals surface area contributed by atoms with Crippen molar-refractivity contribution in [2.45, 2.75) is 71.3 Å². The van der Waals surface area contributed by atoms with Crippen LogP contribution in [-0.2, 0) is 4.79 Å². The van der Waals surface area contributed by atoms with E-state index >= 15 is 0 Å². The number of ketones is 1. The zero-order chi connectivity index (χ0) is 13.0. The Balaban J connectivity index is 1.89. The van der Waals surface area contributed by atoms with Crippen LogP contribution in [0.1, 0.15) is 65.2 Å². The Morgan fingerprint density at radius 2 is 1.94 bits per heavy atom. The van der Waals surface area contributed by atoms with Crippen LogP contribution in [0.4, 0.5) is 0 Å². The molecule has 2 fully saturated rings.